The molecule has 0 saturated carbocycles. The van der Waals surface area contributed by atoms with Gasteiger partial charge in [-0.1, -0.05) is 29.8 Å². The van der Waals surface area contributed by atoms with Gasteiger partial charge in [-0.15, -0.1) is 0 Å². The first-order chi connectivity index (χ1) is 9.82. The van der Waals surface area contributed by atoms with Gasteiger partial charge in [0.25, 0.3) is 0 Å². The molecule has 0 aliphatic carbocycles. The van der Waals surface area contributed by atoms with Crippen LogP contribution in [-0.2, 0) is 6.42 Å². The van der Waals surface area contributed by atoms with E-state index in [0.717, 1.165) is 5.56 Å². The van der Waals surface area contributed by atoms with Gasteiger partial charge in [0.05, 0.1) is 0 Å². The van der Waals surface area contributed by atoms with Crippen LogP contribution in [0.25, 0.3) is 0 Å². The molecular weight excluding hydrogens is 294 g/mol. The van der Waals surface area contributed by atoms with Crippen LogP contribution in [0.15, 0.2) is 24.3 Å². The van der Waals surface area contributed by atoms with Crippen molar-refractivity contribution in [3.05, 3.63) is 70.0 Å². The van der Waals surface area contributed by atoms with E-state index in [2.05, 4.69) is 0 Å². The zero-order chi connectivity index (χ0) is 15.7. The number of alkyl halides is 1. The molecule has 2 rings (SSSR count). The Hall–Kier alpha value is -1.98. The van der Waals surface area contributed by atoms with Crippen LogP contribution in [0.4, 0.5) is 26.3 Å². The van der Waals surface area contributed by atoms with E-state index in [1.54, 1.807) is 19.1 Å². The molecule has 0 aliphatic rings. The molecule has 0 N–H and O–H groups in total. The van der Waals surface area contributed by atoms with Gasteiger partial charge in [0.2, 0.25) is 5.82 Å². The average Bonchev–Trinajstić information content (AvgIpc) is 2.48. The second kappa shape index (κ2) is 5.79. The monoisotopic (exact) mass is 304 g/mol. The molecule has 2 aromatic rings. The minimum absolute atomic E-state index is 0.101. The minimum Gasteiger partial charge on any atom is -0.242 e. The second-order valence-electron chi connectivity index (χ2n) is 4.63. The van der Waals surface area contributed by atoms with Crippen LogP contribution in [-0.4, -0.2) is 0 Å². The molecular formula is C15H10F6. The van der Waals surface area contributed by atoms with Crippen molar-refractivity contribution in [2.24, 2.45) is 0 Å². The molecule has 0 nitrogen and oxygen atoms in total. The van der Waals surface area contributed by atoms with Crippen LogP contribution in [0, 0.1) is 36.0 Å². The van der Waals surface area contributed by atoms with Crippen molar-refractivity contribution >= 4 is 0 Å². The van der Waals surface area contributed by atoms with Crippen LogP contribution in [0.2, 0.25) is 0 Å². The SMILES string of the molecule is Cc1ccc(C(F)Cc2c(F)c(F)c(F)c(F)c2F)cc1. The molecule has 21 heavy (non-hydrogen) atoms. The third-order valence-electron chi connectivity index (χ3n) is 3.12. The van der Waals surface area contributed by atoms with E-state index in [4.69, 9.17) is 0 Å². The van der Waals surface area contributed by atoms with Gasteiger partial charge in [-0.25, -0.2) is 26.3 Å². The van der Waals surface area contributed by atoms with Crippen molar-refractivity contribution < 1.29 is 26.3 Å². The van der Waals surface area contributed by atoms with Gasteiger partial charge in [-0.2, -0.15) is 0 Å². The van der Waals surface area contributed by atoms with Gasteiger partial charge >= 0.3 is 0 Å². The molecule has 0 aliphatic heterocycles. The lowest BCUT2D eigenvalue weighted by Crippen LogP contribution is -2.09. The summed E-state index contributed by atoms with van der Waals surface area (Å²) in [5, 5.41) is 0. The molecule has 1 unspecified atom stereocenters. The zero-order valence-electron chi connectivity index (χ0n) is 10.9. The Morgan fingerprint density at radius 3 is 1.67 bits per heavy atom. The fourth-order valence-electron chi connectivity index (χ4n) is 1.90. The summed E-state index contributed by atoms with van der Waals surface area (Å²) in [4.78, 5) is 0. The summed E-state index contributed by atoms with van der Waals surface area (Å²) in [6, 6.07) is 5.96. The van der Waals surface area contributed by atoms with E-state index in [9.17, 15) is 26.3 Å². The summed E-state index contributed by atoms with van der Waals surface area (Å²) in [7, 11) is 0. The highest BCUT2D eigenvalue weighted by atomic mass is 19.2. The van der Waals surface area contributed by atoms with Crippen molar-refractivity contribution in [2.45, 2.75) is 19.5 Å². The predicted molar refractivity (Wildman–Crippen MR) is 65.0 cm³/mol. The largest absolute Gasteiger partial charge is 0.242 e. The Bertz CT molecular complexity index is 634. The summed E-state index contributed by atoms with van der Waals surface area (Å²) >= 11 is 0. The molecule has 0 spiro atoms. The maximum absolute atomic E-state index is 14.0. The minimum atomic E-state index is -2.25. The lowest BCUT2D eigenvalue weighted by atomic mass is 10.0. The van der Waals surface area contributed by atoms with E-state index in [1.165, 1.54) is 12.1 Å². The average molecular weight is 304 g/mol. The molecule has 0 amide bonds. The normalized spacial score (nSPS) is 12.5. The molecule has 2 aromatic carbocycles. The number of hydrogen-bond donors (Lipinski definition) is 0. The summed E-state index contributed by atoms with van der Waals surface area (Å²) < 4.78 is 79.8. The number of rotatable bonds is 3. The van der Waals surface area contributed by atoms with Gasteiger partial charge in [0.15, 0.2) is 23.3 Å². The second-order valence-corrected chi connectivity index (χ2v) is 4.63. The van der Waals surface area contributed by atoms with Gasteiger partial charge < -0.3 is 0 Å². The highest BCUT2D eigenvalue weighted by molar-refractivity contribution is 5.28. The summed E-state index contributed by atoms with van der Waals surface area (Å²) in [5.74, 6) is -10.4. The van der Waals surface area contributed by atoms with Gasteiger partial charge in [-0.3, -0.25) is 0 Å². The van der Waals surface area contributed by atoms with Crippen LogP contribution in [0.5, 0.6) is 0 Å². The van der Waals surface area contributed by atoms with Gasteiger partial charge in [0, 0.05) is 12.0 Å². The highest BCUT2D eigenvalue weighted by Gasteiger charge is 2.27. The molecule has 0 saturated heterocycles. The standard InChI is InChI=1S/C15H10F6/c1-7-2-4-8(5-3-7)10(16)6-9-11(17)13(19)15(21)14(20)12(9)18/h2-5,10H,6H2,1H3. The predicted octanol–water partition coefficient (Wildman–Crippen LogP) is 4.94. The molecule has 0 fully saturated rings. The van der Waals surface area contributed by atoms with E-state index < -0.39 is 47.2 Å². The first-order valence-corrected chi connectivity index (χ1v) is 6.03. The Balaban J connectivity index is 2.37. The maximum atomic E-state index is 14.0. The first kappa shape index (κ1) is 15.4. The van der Waals surface area contributed by atoms with Crippen LogP contribution >= 0.6 is 0 Å². The third kappa shape index (κ3) is 2.89. The summed E-state index contributed by atoms with van der Waals surface area (Å²) in [5.41, 5.74) is -0.203. The van der Waals surface area contributed by atoms with Crippen molar-refractivity contribution in [1.29, 1.82) is 0 Å². The van der Waals surface area contributed by atoms with Crippen molar-refractivity contribution in [2.75, 3.05) is 0 Å². The van der Waals surface area contributed by atoms with Gasteiger partial charge in [0.1, 0.15) is 6.17 Å². The van der Waals surface area contributed by atoms with Gasteiger partial charge in [-0.05, 0) is 12.5 Å². The smallest absolute Gasteiger partial charge is 0.200 e. The lowest BCUT2D eigenvalue weighted by molar-refractivity contribution is 0.319. The van der Waals surface area contributed by atoms with E-state index in [1.807, 2.05) is 0 Å². The quantitative estimate of drug-likeness (QED) is 0.428. The fourth-order valence-corrected chi connectivity index (χ4v) is 1.90. The summed E-state index contributed by atoms with van der Waals surface area (Å²) in [6.45, 7) is 1.76. The molecule has 0 radical (unpaired) electrons. The molecule has 0 heterocycles. The van der Waals surface area contributed by atoms with Crippen molar-refractivity contribution in [1.82, 2.24) is 0 Å². The van der Waals surface area contributed by atoms with Crippen LogP contribution in [0.1, 0.15) is 22.9 Å². The van der Waals surface area contributed by atoms with Crippen molar-refractivity contribution in [3.63, 3.8) is 0 Å². The molecule has 0 bridgehead atoms. The van der Waals surface area contributed by atoms with Crippen LogP contribution in [0.3, 0.4) is 0 Å². The van der Waals surface area contributed by atoms with E-state index >= 15 is 0 Å². The number of aryl methyl sites for hydroxylation is 1. The Kier molecular flexibility index (Phi) is 4.25. The first-order valence-electron chi connectivity index (χ1n) is 6.03. The highest BCUT2D eigenvalue weighted by Crippen LogP contribution is 2.29. The third-order valence-corrected chi connectivity index (χ3v) is 3.12. The van der Waals surface area contributed by atoms with Crippen LogP contribution < -0.4 is 0 Å². The molecule has 112 valence electrons. The Labute approximate surface area is 117 Å². The van der Waals surface area contributed by atoms with E-state index in [-0.39, 0.29) is 5.56 Å². The number of benzene rings is 2. The topological polar surface area (TPSA) is 0 Å². The zero-order valence-corrected chi connectivity index (χ0v) is 10.9. The van der Waals surface area contributed by atoms with E-state index in [0.29, 0.717) is 0 Å². The molecule has 6 heteroatoms. The summed E-state index contributed by atoms with van der Waals surface area (Å²) in [6.07, 6.45) is -2.81. The number of hydrogen-bond acceptors (Lipinski definition) is 0. The Morgan fingerprint density at radius 2 is 1.19 bits per heavy atom. The van der Waals surface area contributed by atoms with Crippen molar-refractivity contribution in [3.8, 4) is 0 Å². The maximum Gasteiger partial charge on any atom is 0.200 e. The number of halogens is 6. The molecule has 0 aromatic heterocycles. The molecule has 1 atom stereocenters. The lowest BCUT2D eigenvalue weighted by Gasteiger charge is -2.12. The Morgan fingerprint density at radius 1 is 0.762 bits per heavy atom. The fraction of sp³-hybridized carbons (Fsp3) is 0.200.